The van der Waals surface area contributed by atoms with Gasteiger partial charge >= 0.3 is 0 Å². The van der Waals surface area contributed by atoms with Crippen LogP contribution in [0.25, 0.3) is 0 Å². The fraction of sp³-hybridized carbons (Fsp3) is 1.00. The molecule has 2 aliphatic carbocycles. The first-order chi connectivity index (χ1) is 9.39. The molecule has 2 saturated carbocycles. The van der Waals surface area contributed by atoms with Crippen molar-refractivity contribution in [2.45, 2.75) is 119 Å². The molecule has 2 aliphatic rings. The molecule has 0 heterocycles. The van der Waals surface area contributed by atoms with Crippen molar-refractivity contribution in [1.82, 2.24) is 0 Å². The monoisotopic (exact) mass is 308 g/mol. The molecule has 2 fully saturated rings. The van der Waals surface area contributed by atoms with Crippen LogP contribution >= 0.6 is 0 Å². The third-order valence-electron chi connectivity index (χ3n) is 3.39. The Labute approximate surface area is 136 Å². The first-order valence-corrected chi connectivity index (χ1v) is 9.39. The van der Waals surface area contributed by atoms with E-state index in [1.807, 2.05) is 41.5 Å². The van der Waals surface area contributed by atoms with Crippen LogP contribution in [0, 0.1) is 5.92 Å². The minimum Gasteiger partial charge on any atom is -0.412 e. The highest BCUT2D eigenvalue weighted by Crippen LogP contribution is 2.22. The molecule has 0 aromatic rings. The number of hydrogen-bond acceptors (Lipinski definition) is 0. The van der Waals surface area contributed by atoms with Crippen LogP contribution < -0.4 is 0 Å². The maximum Gasteiger partial charge on any atom is -0.0443 e. The molecule has 0 amide bonds. The average molecular weight is 309 g/mol. The zero-order valence-electron chi connectivity index (χ0n) is 16.4. The molecule has 0 unspecified atom stereocenters. The van der Waals surface area contributed by atoms with Crippen LogP contribution in [0.3, 0.4) is 0 Å². The van der Waals surface area contributed by atoms with E-state index in [0.717, 1.165) is 5.92 Å². The summed E-state index contributed by atoms with van der Waals surface area (Å²) in [5, 5.41) is 0. The summed E-state index contributed by atoms with van der Waals surface area (Å²) in [4.78, 5) is 0. The van der Waals surface area contributed by atoms with Gasteiger partial charge in [-0.25, -0.2) is 0 Å². The maximum atomic E-state index is 2.36. The van der Waals surface area contributed by atoms with Crippen molar-refractivity contribution in [3.63, 3.8) is 0 Å². The van der Waals surface area contributed by atoms with Gasteiger partial charge in [0.2, 0.25) is 0 Å². The molecule has 2 nitrogen and oxygen atoms in total. The van der Waals surface area contributed by atoms with Crippen LogP contribution in [0.4, 0.5) is 0 Å². The summed E-state index contributed by atoms with van der Waals surface area (Å²) in [5.74, 6) is 1.04. The predicted octanol–water partition coefficient (Wildman–Crippen LogP) is 6.36. The van der Waals surface area contributed by atoms with Crippen molar-refractivity contribution in [1.29, 1.82) is 0 Å². The Kier molecular flexibility index (Phi) is 57.4. The topological polar surface area (TPSA) is 63.0 Å². The second-order valence-electron chi connectivity index (χ2n) is 4.86. The van der Waals surface area contributed by atoms with E-state index in [9.17, 15) is 0 Å². The SMILES string of the molecule is C1CCCCC1.CC.CC.CC.CC1CCCCC1.O.O. The lowest BCUT2D eigenvalue weighted by Gasteiger charge is -2.15. The zero-order valence-corrected chi connectivity index (χ0v) is 16.4. The van der Waals surface area contributed by atoms with Gasteiger partial charge in [0.15, 0.2) is 0 Å². The molecule has 0 bridgehead atoms. The molecule has 4 N–H and O–H groups in total. The van der Waals surface area contributed by atoms with Crippen molar-refractivity contribution in [3.8, 4) is 0 Å². The molecule has 0 atom stereocenters. The minimum atomic E-state index is 0. The summed E-state index contributed by atoms with van der Waals surface area (Å²) in [5.41, 5.74) is 0. The van der Waals surface area contributed by atoms with Gasteiger partial charge in [0.05, 0.1) is 0 Å². The Balaban J connectivity index is -0.0000000564. The molecule has 0 aliphatic heterocycles. The number of rotatable bonds is 0. The standard InChI is InChI=1S/C7H14.C6H12.3C2H6.2H2O/c1-7-5-3-2-4-6-7;1-2-4-6-5-3-1;3*1-2;;/h7H,2-6H2,1H3;1-6H2;3*1-2H3;2*1H2. The van der Waals surface area contributed by atoms with E-state index in [2.05, 4.69) is 6.92 Å². The highest BCUT2D eigenvalue weighted by atomic mass is 16.0. The zero-order chi connectivity index (χ0) is 15.4. The van der Waals surface area contributed by atoms with Crippen molar-refractivity contribution < 1.29 is 11.0 Å². The Hall–Kier alpha value is -0.0800. The molecule has 0 saturated heterocycles. The van der Waals surface area contributed by atoms with E-state index in [0.29, 0.717) is 0 Å². The Morgan fingerprint density at radius 1 is 0.429 bits per heavy atom. The van der Waals surface area contributed by atoms with Crippen molar-refractivity contribution >= 4 is 0 Å². The van der Waals surface area contributed by atoms with E-state index in [1.165, 1.54) is 70.6 Å². The Morgan fingerprint density at radius 2 is 0.619 bits per heavy atom. The van der Waals surface area contributed by atoms with Crippen LogP contribution in [0.15, 0.2) is 0 Å². The van der Waals surface area contributed by atoms with Gasteiger partial charge in [-0.05, 0) is 5.92 Å². The van der Waals surface area contributed by atoms with E-state index in [4.69, 9.17) is 0 Å². The molecular weight excluding hydrogens is 260 g/mol. The smallest absolute Gasteiger partial charge is 0.0443 e. The van der Waals surface area contributed by atoms with E-state index < -0.39 is 0 Å². The third kappa shape index (κ3) is 33.0. The largest absolute Gasteiger partial charge is 0.412 e. The van der Waals surface area contributed by atoms with Crippen LogP contribution in [0.2, 0.25) is 0 Å². The molecule has 0 spiro atoms. The molecule has 0 aromatic heterocycles. The van der Waals surface area contributed by atoms with Gasteiger partial charge in [0.25, 0.3) is 0 Å². The van der Waals surface area contributed by atoms with E-state index in [1.54, 1.807) is 0 Å². The minimum absolute atomic E-state index is 0. The van der Waals surface area contributed by atoms with Gasteiger partial charge in [-0.1, -0.05) is 119 Å². The normalized spacial score (nSPS) is 16.1. The van der Waals surface area contributed by atoms with Gasteiger partial charge in [0.1, 0.15) is 0 Å². The van der Waals surface area contributed by atoms with E-state index >= 15 is 0 Å². The highest BCUT2D eigenvalue weighted by molar-refractivity contribution is 4.59. The maximum absolute atomic E-state index is 2.36. The summed E-state index contributed by atoms with van der Waals surface area (Å²) in [6.07, 6.45) is 16.4. The van der Waals surface area contributed by atoms with Crippen molar-refractivity contribution in [2.24, 2.45) is 5.92 Å². The van der Waals surface area contributed by atoms with Crippen molar-refractivity contribution in [2.75, 3.05) is 0 Å². The molecule has 136 valence electrons. The summed E-state index contributed by atoms with van der Waals surface area (Å²) < 4.78 is 0. The lowest BCUT2D eigenvalue weighted by Crippen LogP contribution is -1.99. The van der Waals surface area contributed by atoms with Gasteiger partial charge in [-0.3, -0.25) is 0 Å². The summed E-state index contributed by atoms with van der Waals surface area (Å²) >= 11 is 0. The van der Waals surface area contributed by atoms with Crippen LogP contribution in [0.5, 0.6) is 0 Å². The summed E-state index contributed by atoms with van der Waals surface area (Å²) in [6, 6.07) is 0. The second-order valence-corrected chi connectivity index (χ2v) is 4.86. The van der Waals surface area contributed by atoms with Gasteiger partial charge in [-0.15, -0.1) is 0 Å². The average Bonchev–Trinajstić information content (AvgIpc) is 2.56. The Bertz CT molecular complexity index is 94.6. The summed E-state index contributed by atoms with van der Waals surface area (Å²) in [6.45, 7) is 14.4. The summed E-state index contributed by atoms with van der Waals surface area (Å²) in [7, 11) is 0. The lowest BCUT2D eigenvalue weighted by molar-refractivity contribution is 0.385. The molecule has 21 heavy (non-hydrogen) atoms. The fourth-order valence-corrected chi connectivity index (χ4v) is 2.37. The van der Waals surface area contributed by atoms with Gasteiger partial charge < -0.3 is 11.0 Å². The predicted molar refractivity (Wildman–Crippen MR) is 101 cm³/mol. The van der Waals surface area contributed by atoms with Crippen LogP contribution in [-0.4, -0.2) is 11.0 Å². The third-order valence-corrected chi connectivity index (χ3v) is 3.39. The number of hydrogen-bond donors (Lipinski definition) is 0. The van der Waals surface area contributed by atoms with Crippen molar-refractivity contribution in [3.05, 3.63) is 0 Å². The molecule has 0 aromatic carbocycles. The van der Waals surface area contributed by atoms with E-state index in [-0.39, 0.29) is 11.0 Å². The lowest BCUT2D eigenvalue weighted by atomic mass is 9.91. The van der Waals surface area contributed by atoms with Gasteiger partial charge in [-0.2, -0.15) is 0 Å². The molecular formula is C19H48O2. The van der Waals surface area contributed by atoms with Gasteiger partial charge in [0, 0.05) is 0 Å². The molecule has 2 heteroatoms. The highest BCUT2D eigenvalue weighted by Gasteiger charge is 2.05. The Morgan fingerprint density at radius 3 is 0.762 bits per heavy atom. The first kappa shape index (κ1) is 32.8. The second kappa shape index (κ2) is 36.8. The molecule has 2 rings (SSSR count). The first-order valence-electron chi connectivity index (χ1n) is 9.39. The molecule has 0 radical (unpaired) electrons. The fourth-order valence-electron chi connectivity index (χ4n) is 2.37. The van der Waals surface area contributed by atoms with Crippen LogP contribution in [-0.2, 0) is 0 Å². The van der Waals surface area contributed by atoms with Crippen LogP contribution in [0.1, 0.15) is 119 Å². The quantitative estimate of drug-likeness (QED) is 0.500.